The van der Waals surface area contributed by atoms with Gasteiger partial charge in [0.25, 0.3) is 0 Å². The number of nitrogens with zero attached hydrogens (tertiary/aromatic N) is 1. The van der Waals surface area contributed by atoms with Crippen molar-refractivity contribution < 1.29 is 8.94 Å². The lowest BCUT2D eigenvalue weighted by molar-refractivity contribution is 0.425. The van der Waals surface area contributed by atoms with E-state index in [1.54, 1.807) is 24.5 Å². The van der Waals surface area contributed by atoms with Gasteiger partial charge < -0.3 is 14.7 Å². The highest BCUT2D eigenvalue weighted by Crippen LogP contribution is 2.40. The summed E-state index contributed by atoms with van der Waals surface area (Å²) in [7, 11) is 0. The van der Waals surface area contributed by atoms with E-state index in [9.17, 15) is 0 Å². The molecule has 0 atom stereocenters. The van der Waals surface area contributed by atoms with E-state index in [-0.39, 0.29) is 5.88 Å². The lowest BCUT2D eigenvalue weighted by Crippen LogP contribution is -1.95. The zero-order valence-electron chi connectivity index (χ0n) is 11.0. The van der Waals surface area contributed by atoms with Crippen LogP contribution < -0.4 is 5.73 Å². The Hall–Kier alpha value is -1.91. The summed E-state index contributed by atoms with van der Waals surface area (Å²) in [5.74, 6) is 1.08. The molecule has 2 N–H and O–H groups in total. The number of anilines is 1. The summed E-state index contributed by atoms with van der Waals surface area (Å²) in [6.45, 7) is 0. The van der Waals surface area contributed by atoms with E-state index >= 15 is 0 Å². The van der Waals surface area contributed by atoms with Crippen LogP contribution in [0.3, 0.4) is 0 Å². The van der Waals surface area contributed by atoms with E-state index < -0.39 is 0 Å². The highest BCUT2D eigenvalue weighted by molar-refractivity contribution is 6.39. The molecule has 3 aromatic rings. The van der Waals surface area contributed by atoms with Crippen molar-refractivity contribution >= 4 is 29.1 Å². The Kier molecular flexibility index (Phi) is 3.90. The zero-order valence-corrected chi connectivity index (χ0v) is 12.5. The molecule has 0 aliphatic rings. The van der Waals surface area contributed by atoms with Gasteiger partial charge >= 0.3 is 0 Å². The minimum atomic E-state index is 0.208. The highest BCUT2D eigenvalue weighted by Gasteiger charge is 2.20. The normalized spacial score (nSPS) is 11.0. The van der Waals surface area contributed by atoms with Gasteiger partial charge in [-0.3, -0.25) is 0 Å². The Balaban J connectivity index is 1.97. The molecule has 0 amide bonds. The van der Waals surface area contributed by atoms with Crippen LogP contribution in [-0.2, 0) is 12.8 Å². The second kappa shape index (κ2) is 5.84. The molecule has 108 valence electrons. The minimum Gasteiger partial charge on any atom is -0.469 e. The van der Waals surface area contributed by atoms with Gasteiger partial charge in [-0.25, -0.2) is 0 Å². The van der Waals surface area contributed by atoms with Crippen LogP contribution in [0.25, 0.3) is 11.1 Å². The van der Waals surface area contributed by atoms with E-state index in [1.807, 2.05) is 12.1 Å². The Morgan fingerprint density at radius 1 is 1.00 bits per heavy atom. The zero-order chi connectivity index (χ0) is 14.8. The standard InChI is InChI=1S/C15H12Cl2N2O2/c16-10-4-1-5-11(17)13(10)14-12(19-21-15(14)18)7-6-9-3-2-8-20-9/h1-5,8H,6-7,18H2. The molecule has 0 radical (unpaired) electrons. The summed E-state index contributed by atoms with van der Waals surface area (Å²) >= 11 is 12.5. The van der Waals surface area contributed by atoms with Gasteiger partial charge in [0.15, 0.2) is 0 Å². The molecule has 21 heavy (non-hydrogen) atoms. The summed E-state index contributed by atoms with van der Waals surface area (Å²) in [6.07, 6.45) is 2.94. The van der Waals surface area contributed by atoms with Gasteiger partial charge in [0.05, 0.1) is 27.6 Å². The number of aryl methyl sites for hydroxylation is 2. The van der Waals surface area contributed by atoms with Crippen LogP contribution in [0.2, 0.25) is 10.0 Å². The molecule has 3 rings (SSSR count). The molecular formula is C15H12Cl2N2O2. The molecule has 0 saturated carbocycles. The van der Waals surface area contributed by atoms with Crippen molar-refractivity contribution in [2.24, 2.45) is 0 Å². The number of nitrogens with two attached hydrogens (primary N) is 1. The fourth-order valence-electron chi connectivity index (χ4n) is 2.21. The maximum absolute atomic E-state index is 6.24. The fraction of sp³-hybridized carbons (Fsp3) is 0.133. The van der Waals surface area contributed by atoms with Gasteiger partial charge in [-0.15, -0.1) is 0 Å². The molecule has 2 heterocycles. The first-order valence-corrected chi connectivity index (χ1v) is 7.13. The van der Waals surface area contributed by atoms with Crippen molar-refractivity contribution in [2.75, 3.05) is 5.73 Å². The van der Waals surface area contributed by atoms with Crippen LogP contribution in [-0.4, -0.2) is 5.16 Å². The van der Waals surface area contributed by atoms with Gasteiger partial charge in [-0.05, 0) is 24.3 Å². The number of halogens is 2. The molecule has 1 aromatic carbocycles. The van der Waals surface area contributed by atoms with Crippen LogP contribution in [0.5, 0.6) is 0 Å². The summed E-state index contributed by atoms with van der Waals surface area (Å²) in [6, 6.07) is 9.04. The molecule has 0 spiro atoms. The minimum absolute atomic E-state index is 0.208. The predicted molar refractivity (Wildman–Crippen MR) is 82.5 cm³/mol. The SMILES string of the molecule is Nc1onc(CCc2ccco2)c1-c1c(Cl)cccc1Cl. The Labute approximate surface area is 131 Å². The first-order valence-electron chi connectivity index (χ1n) is 6.37. The van der Waals surface area contributed by atoms with Crippen LogP contribution in [0.15, 0.2) is 45.5 Å². The number of benzene rings is 1. The van der Waals surface area contributed by atoms with E-state index in [2.05, 4.69) is 5.16 Å². The first kappa shape index (κ1) is 14.0. The number of furan rings is 1. The van der Waals surface area contributed by atoms with Gasteiger partial charge in [0.1, 0.15) is 5.76 Å². The van der Waals surface area contributed by atoms with E-state index in [0.29, 0.717) is 39.7 Å². The van der Waals surface area contributed by atoms with E-state index in [0.717, 1.165) is 5.76 Å². The fourth-order valence-corrected chi connectivity index (χ4v) is 2.80. The summed E-state index contributed by atoms with van der Waals surface area (Å²) in [4.78, 5) is 0. The molecule has 2 aromatic heterocycles. The van der Waals surface area contributed by atoms with E-state index in [4.69, 9.17) is 37.9 Å². The third-order valence-electron chi connectivity index (χ3n) is 3.19. The number of hydrogen-bond acceptors (Lipinski definition) is 4. The number of hydrogen-bond donors (Lipinski definition) is 1. The smallest absolute Gasteiger partial charge is 0.230 e. The molecular weight excluding hydrogens is 311 g/mol. The van der Waals surface area contributed by atoms with Crippen LogP contribution >= 0.6 is 23.2 Å². The van der Waals surface area contributed by atoms with Crippen molar-refractivity contribution in [1.29, 1.82) is 0 Å². The third kappa shape index (κ3) is 2.77. The first-order chi connectivity index (χ1) is 10.2. The van der Waals surface area contributed by atoms with Crippen molar-refractivity contribution in [3.8, 4) is 11.1 Å². The van der Waals surface area contributed by atoms with Crippen molar-refractivity contribution in [1.82, 2.24) is 5.16 Å². The lowest BCUT2D eigenvalue weighted by Gasteiger charge is -2.07. The van der Waals surface area contributed by atoms with Crippen molar-refractivity contribution in [3.05, 3.63) is 58.1 Å². The molecule has 0 bridgehead atoms. The highest BCUT2D eigenvalue weighted by atomic mass is 35.5. The molecule has 0 unspecified atom stereocenters. The van der Waals surface area contributed by atoms with Crippen molar-refractivity contribution in [3.63, 3.8) is 0 Å². The number of nitrogen functional groups attached to an aromatic ring is 1. The second-order valence-corrected chi connectivity index (χ2v) is 5.36. The average molecular weight is 323 g/mol. The molecule has 0 aliphatic heterocycles. The topological polar surface area (TPSA) is 65.2 Å². The lowest BCUT2D eigenvalue weighted by atomic mass is 10.0. The molecule has 0 saturated heterocycles. The average Bonchev–Trinajstić information content (AvgIpc) is 3.08. The number of aromatic nitrogens is 1. The Morgan fingerprint density at radius 2 is 1.76 bits per heavy atom. The van der Waals surface area contributed by atoms with Gasteiger partial charge in [0, 0.05) is 18.4 Å². The third-order valence-corrected chi connectivity index (χ3v) is 3.82. The Morgan fingerprint density at radius 3 is 2.43 bits per heavy atom. The predicted octanol–water partition coefficient (Wildman–Crippen LogP) is 4.61. The van der Waals surface area contributed by atoms with Crippen LogP contribution in [0.4, 0.5) is 5.88 Å². The maximum Gasteiger partial charge on any atom is 0.230 e. The largest absolute Gasteiger partial charge is 0.469 e. The summed E-state index contributed by atoms with van der Waals surface area (Å²) in [5.41, 5.74) is 7.89. The molecule has 4 nitrogen and oxygen atoms in total. The quantitative estimate of drug-likeness (QED) is 0.761. The molecule has 0 aliphatic carbocycles. The van der Waals surface area contributed by atoms with Gasteiger partial charge in [0.2, 0.25) is 5.88 Å². The van der Waals surface area contributed by atoms with Crippen LogP contribution in [0.1, 0.15) is 11.5 Å². The van der Waals surface area contributed by atoms with E-state index in [1.165, 1.54) is 0 Å². The van der Waals surface area contributed by atoms with Crippen LogP contribution in [0, 0.1) is 0 Å². The molecule has 0 fully saturated rings. The molecule has 6 heteroatoms. The Bertz CT molecular complexity index is 731. The van der Waals surface area contributed by atoms with Gasteiger partial charge in [-0.2, -0.15) is 0 Å². The monoisotopic (exact) mass is 322 g/mol. The summed E-state index contributed by atoms with van der Waals surface area (Å²) in [5, 5.41) is 5.04. The second-order valence-electron chi connectivity index (χ2n) is 4.54. The summed E-state index contributed by atoms with van der Waals surface area (Å²) < 4.78 is 10.4. The number of rotatable bonds is 4. The van der Waals surface area contributed by atoms with Gasteiger partial charge in [-0.1, -0.05) is 34.4 Å². The maximum atomic E-state index is 6.24. The van der Waals surface area contributed by atoms with Crippen molar-refractivity contribution in [2.45, 2.75) is 12.8 Å².